The number of aryl methyl sites for hydroxylation is 1. The summed E-state index contributed by atoms with van der Waals surface area (Å²) in [6.07, 6.45) is 8.00. The van der Waals surface area contributed by atoms with Crippen LogP contribution >= 0.6 is 0 Å². The molecule has 0 aromatic heterocycles. The van der Waals surface area contributed by atoms with E-state index in [9.17, 15) is 0 Å². The van der Waals surface area contributed by atoms with Crippen LogP contribution in [0.25, 0.3) is 18.7 Å². The Morgan fingerprint density at radius 3 is 2.24 bits per heavy atom. The Labute approximate surface area is 106 Å². The van der Waals surface area contributed by atoms with Gasteiger partial charge < -0.3 is 0 Å². The maximum absolute atomic E-state index is 4.13. The summed E-state index contributed by atoms with van der Waals surface area (Å²) in [6, 6.07) is 2.19. The van der Waals surface area contributed by atoms with Crippen LogP contribution in [-0.4, -0.2) is 0 Å². The van der Waals surface area contributed by atoms with E-state index in [0.29, 0.717) is 0 Å². The summed E-state index contributed by atoms with van der Waals surface area (Å²) in [7, 11) is 0. The molecule has 0 bridgehead atoms. The molecule has 0 radical (unpaired) electrons. The second-order valence-electron chi connectivity index (χ2n) is 3.70. The quantitative estimate of drug-likeness (QED) is 0.723. The standard InChI is InChI=1S/C15H18.C2H6/c1-6-8-14-10-11(3)15(9-7-2)13(5)12(14)4;1-2/h6-10H,2,5H2,1,3-4H3;1-2H3/b8-6-,15-9-;. The molecule has 0 aliphatic heterocycles. The van der Waals surface area contributed by atoms with Crippen LogP contribution in [0.15, 0.2) is 24.8 Å². The zero-order valence-electron chi connectivity index (χ0n) is 11.8. The van der Waals surface area contributed by atoms with Gasteiger partial charge >= 0.3 is 0 Å². The van der Waals surface area contributed by atoms with Crippen molar-refractivity contribution in [2.75, 3.05) is 0 Å². The van der Waals surface area contributed by atoms with Gasteiger partial charge in [0.25, 0.3) is 0 Å². The second-order valence-corrected chi connectivity index (χ2v) is 3.70. The summed E-state index contributed by atoms with van der Waals surface area (Å²) in [6.45, 7) is 18.1. The highest BCUT2D eigenvalue weighted by Crippen LogP contribution is 2.05. The molecule has 0 saturated heterocycles. The minimum Gasteiger partial charge on any atom is -0.0990 e. The average Bonchev–Trinajstić information content (AvgIpc) is 2.34. The van der Waals surface area contributed by atoms with Gasteiger partial charge in [-0.1, -0.05) is 57.4 Å². The molecule has 0 N–H and O–H groups in total. The van der Waals surface area contributed by atoms with Gasteiger partial charge in [-0.15, -0.1) is 0 Å². The minimum atomic E-state index is 1.10. The fourth-order valence-electron chi connectivity index (χ4n) is 1.74. The molecule has 17 heavy (non-hydrogen) atoms. The number of benzene rings is 1. The predicted octanol–water partition coefficient (Wildman–Crippen LogP) is 3.74. The lowest BCUT2D eigenvalue weighted by molar-refractivity contribution is 1.29. The monoisotopic (exact) mass is 228 g/mol. The van der Waals surface area contributed by atoms with Gasteiger partial charge in [-0.2, -0.15) is 0 Å². The van der Waals surface area contributed by atoms with E-state index in [0.717, 1.165) is 5.22 Å². The summed E-state index contributed by atoms with van der Waals surface area (Å²) < 4.78 is 0. The van der Waals surface area contributed by atoms with Crippen molar-refractivity contribution in [1.29, 1.82) is 0 Å². The van der Waals surface area contributed by atoms with Crippen LogP contribution in [0.1, 0.15) is 37.5 Å². The molecule has 0 heterocycles. The van der Waals surface area contributed by atoms with E-state index < -0.39 is 0 Å². The van der Waals surface area contributed by atoms with Crippen LogP contribution in [0.4, 0.5) is 0 Å². The molecule has 0 amide bonds. The molecular weight excluding hydrogens is 204 g/mol. The molecule has 92 valence electrons. The third-order valence-corrected chi connectivity index (χ3v) is 2.64. The molecule has 1 aromatic rings. The van der Waals surface area contributed by atoms with Crippen LogP contribution < -0.4 is 10.4 Å². The number of hydrogen-bond donors (Lipinski definition) is 0. The molecule has 0 saturated carbocycles. The molecule has 0 heteroatoms. The maximum atomic E-state index is 4.13. The van der Waals surface area contributed by atoms with Gasteiger partial charge in [0.15, 0.2) is 0 Å². The molecule has 0 spiro atoms. The molecule has 0 aliphatic rings. The third kappa shape index (κ3) is 3.74. The van der Waals surface area contributed by atoms with Crippen molar-refractivity contribution >= 4 is 18.7 Å². The van der Waals surface area contributed by atoms with E-state index in [2.05, 4.69) is 45.2 Å². The van der Waals surface area contributed by atoms with E-state index in [4.69, 9.17) is 0 Å². The molecule has 0 fully saturated rings. The van der Waals surface area contributed by atoms with Crippen molar-refractivity contribution in [1.82, 2.24) is 0 Å². The topological polar surface area (TPSA) is 0 Å². The van der Waals surface area contributed by atoms with E-state index in [1.165, 1.54) is 21.9 Å². The van der Waals surface area contributed by atoms with Crippen LogP contribution in [0.3, 0.4) is 0 Å². The molecule has 0 nitrogen and oxygen atoms in total. The average molecular weight is 228 g/mol. The minimum absolute atomic E-state index is 1.10. The van der Waals surface area contributed by atoms with Gasteiger partial charge in [-0.05, 0) is 47.9 Å². The van der Waals surface area contributed by atoms with Crippen molar-refractivity contribution < 1.29 is 0 Å². The Bertz CT molecular complexity index is 502. The molecule has 0 atom stereocenters. The fraction of sp³-hybridized carbons (Fsp3) is 0.294. The van der Waals surface area contributed by atoms with Crippen molar-refractivity contribution in [3.63, 3.8) is 0 Å². The fourth-order valence-corrected chi connectivity index (χ4v) is 1.74. The summed E-state index contributed by atoms with van der Waals surface area (Å²) >= 11 is 0. The Hall–Kier alpha value is -1.56. The van der Waals surface area contributed by atoms with Crippen molar-refractivity contribution in [3.8, 4) is 0 Å². The number of allylic oxidation sites excluding steroid dienone is 2. The van der Waals surface area contributed by atoms with Gasteiger partial charge in [-0.25, -0.2) is 0 Å². The Morgan fingerprint density at radius 1 is 1.18 bits per heavy atom. The molecular formula is C17H24. The van der Waals surface area contributed by atoms with Gasteiger partial charge in [0.1, 0.15) is 0 Å². The van der Waals surface area contributed by atoms with Crippen LogP contribution in [-0.2, 0) is 0 Å². The summed E-state index contributed by atoms with van der Waals surface area (Å²) in [5.74, 6) is 0. The number of hydrogen-bond acceptors (Lipinski definition) is 0. The Morgan fingerprint density at radius 2 is 1.76 bits per heavy atom. The maximum Gasteiger partial charge on any atom is -0.0158 e. The second kappa shape index (κ2) is 7.67. The van der Waals surface area contributed by atoms with Gasteiger partial charge in [0, 0.05) is 0 Å². The summed E-state index contributed by atoms with van der Waals surface area (Å²) in [5.41, 5.74) is 3.74. The first kappa shape index (κ1) is 15.4. The first-order valence-electron chi connectivity index (χ1n) is 6.16. The lowest BCUT2D eigenvalue weighted by Gasteiger charge is -2.05. The lowest BCUT2D eigenvalue weighted by atomic mass is 10.00. The third-order valence-electron chi connectivity index (χ3n) is 2.64. The highest BCUT2D eigenvalue weighted by atomic mass is 14.0. The first-order valence-corrected chi connectivity index (χ1v) is 6.16. The number of rotatable bonds is 2. The van der Waals surface area contributed by atoms with Crippen molar-refractivity contribution in [2.45, 2.75) is 34.6 Å². The first-order chi connectivity index (χ1) is 8.11. The SMILES string of the molecule is C=C/C=c1/c(C)cc(/C=C\C)c(C)c1=C.CC. The van der Waals surface area contributed by atoms with Crippen molar-refractivity contribution in [2.24, 2.45) is 0 Å². The Balaban J connectivity index is 0.00000121. The molecule has 1 rings (SSSR count). The van der Waals surface area contributed by atoms with E-state index in [1.807, 2.05) is 32.9 Å². The van der Waals surface area contributed by atoms with Gasteiger partial charge in [0.05, 0.1) is 0 Å². The van der Waals surface area contributed by atoms with E-state index in [1.54, 1.807) is 0 Å². The van der Waals surface area contributed by atoms with Gasteiger partial charge in [-0.3, -0.25) is 0 Å². The summed E-state index contributed by atoms with van der Waals surface area (Å²) in [4.78, 5) is 0. The van der Waals surface area contributed by atoms with Crippen molar-refractivity contribution in [3.05, 3.63) is 51.9 Å². The predicted molar refractivity (Wildman–Crippen MR) is 81.4 cm³/mol. The largest absolute Gasteiger partial charge is 0.0990 e. The van der Waals surface area contributed by atoms with Crippen LogP contribution in [0, 0.1) is 13.8 Å². The normalized spacial score (nSPS) is 11.2. The Kier molecular flexibility index (Phi) is 6.97. The van der Waals surface area contributed by atoms with E-state index in [-0.39, 0.29) is 0 Å². The highest BCUT2D eigenvalue weighted by Gasteiger charge is 1.99. The van der Waals surface area contributed by atoms with E-state index >= 15 is 0 Å². The molecule has 1 aromatic carbocycles. The molecule has 0 aliphatic carbocycles. The van der Waals surface area contributed by atoms with Crippen LogP contribution in [0.2, 0.25) is 0 Å². The summed E-state index contributed by atoms with van der Waals surface area (Å²) in [5, 5.41) is 2.29. The zero-order valence-corrected chi connectivity index (χ0v) is 11.8. The highest BCUT2D eigenvalue weighted by molar-refractivity contribution is 5.56. The molecule has 0 unspecified atom stereocenters. The zero-order chi connectivity index (χ0) is 13.4. The smallest absolute Gasteiger partial charge is 0.0158 e. The van der Waals surface area contributed by atoms with Crippen LogP contribution in [0.5, 0.6) is 0 Å². The van der Waals surface area contributed by atoms with Gasteiger partial charge in [0.2, 0.25) is 0 Å². The lowest BCUT2D eigenvalue weighted by Crippen LogP contribution is -2.29.